The van der Waals surface area contributed by atoms with Gasteiger partial charge in [0.05, 0.1) is 5.75 Å². The molecule has 2 aromatic carbocycles. The molecule has 130 valence electrons. The van der Waals surface area contributed by atoms with Gasteiger partial charge in [0.15, 0.2) is 0 Å². The Morgan fingerprint density at radius 2 is 1.38 bits per heavy atom. The summed E-state index contributed by atoms with van der Waals surface area (Å²) >= 11 is 0. The fourth-order valence-corrected chi connectivity index (χ4v) is 3.92. The van der Waals surface area contributed by atoms with Crippen LogP contribution < -0.4 is 10.0 Å². The Kier molecular flexibility index (Phi) is 6.97. The zero-order valence-corrected chi connectivity index (χ0v) is 15.1. The SMILES string of the molecule is CC(C)NS(=O)(=O)CCNCC(c1ccccc1)c1ccccc1. The van der Waals surface area contributed by atoms with E-state index in [4.69, 9.17) is 0 Å². The van der Waals surface area contributed by atoms with Crippen LogP contribution in [-0.2, 0) is 10.0 Å². The molecular weight excluding hydrogens is 320 g/mol. The van der Waals surface area contributed by atoms with Crippen molar-refractivity contribution in [1.29, 1.82) is 0 Å². The molecule has 0 saturated heterocycles. The third kappa shape index (κ3) is 6.07. The van der Waals surface area contributed by atoms with E-state index in [0.717, 1.165) is 0 Å². The van der Waals surface area contributed by atoms with Gasteiger partial charge in [-0.3, -0.25) is 0 Å². The zero-order valence-electron chi connectivity index (χ0n) is 14.3. The Labute approximate surface area is 145 Å². The minimum Gasteiger partial charge on any atom is -0.315 e. The molecule has 2 N–H and O–H groups in total. The van der Waals surface area contributed by atoms with E-state index in [2.05, 4.69) is 34.3 Å². The lowest BCUT2D eigenvalue weighted by Gasteiger charge is -2.19. The second-order valence-electron chi connectivity index (χ2n) is 6.17. The zero-order chi connectivity index (χ0) is 17.4. The molecule has 0 atom stereocenters. The highest BCUT2D eigenvalue weighted by Gasteiger charge is 2.15. The van der Waals surface area contributed by atoms with Gasteiger partial charge in [-0.25, -0.2) is 13.1 Å². The lowest BCUT2D eigenvalue weighted by molar-refractivity contribution is 0.563. The van der Waals surface area contributed by atoms with Crippen LogP contribution >= 0.6 is 0 Å². The third-order valence-corrected chi connectivity index (χ3v) is 5.29. The van der Waals surface area contributed by atoms with Crippen LogP contribution in [0.5, 0.6) is 0 Å². The number of benzene rings is 2. The van der Waals surface area contributed by atoms with Crippen molar-refractivity contribution in [1.82, 2.24) is 10.0 Å². The fraction of sp³-hybridized carbons (Fsp3) is 0.368. The van der Waals surface area contributed by atoms with Gasteiger partial charge in [-0.05, 0) is 25.0 Å². The smallest absolute Gasteiger partial charge is 0.213 e. The maximum absolute atomic E-state index is 11.9. The number of nitrogens with one attached hydrogen (secondary N) is 2. The summed E-state index contributed by atoms with van der Waals surface area (Å²) < 4.78 is 26.4. The Balaban J connectivity index is 1.98. The van der Waals surface area contributed by atoms with Gasteiger partial charge in [-0.2, -0.15) is 0 Å². The second kappa shape index (κ2) is 8.97. The molecule has 0 radical (unpaired) electrons. The summed E-state index contributed by atoms with van der Waals surface area (Å²) in [6.45, 7) is 4.78. The largest absolute Gasteiger partial charge is 0.315 e. The van der Waals surface area contributed by atoms with Crippen molar-refractivity contribution in [2.75, 3.05) is 18.8 Å². The quantitative estimate of drug-likeness (QED) is 0.687. The summed E-state index contributed by atoms with van der Waals surface area (Å²) in [6, 6.07) is 20.5. The van der Waals surface area contributed by atoms with Crippen LogP contribution in [0.1, 0.15) is 30.9 Å². The first-order chi connectivity index (χ1) is 11.5. The molecule has 0 heterocycles. The van der Waals surface area contributed by atoms with Crippen molar-refractivity contribution in [3.8, 4) is 0 Å². The van der Waals surface area contributed by atoms with E-state index in [1.165, 1.54) is 11.1 Å². The molecular formula is C19H26N2O2S. The molecule has 0 aliphatic carbocycles. The molecule has 0 unspecified atom stereocenters. The maximum Gasteiger partial charge on any atom is 0.213 e. The van der Waals surface area contributed by atoms with E-state index in [1.54, 1.807) is 0 Å². The highest BCUT2D eigenvalue weighted by atomic mass is 32.2. The van der Waals surface area contributed by atoms with Gasteiger partial charge in [0, 0.05) is 25.0 Å². The Morgan fingerprint density at radius 1 is 0.875 bits per heavy atom. The van der Waals surface area contributed by atoms with E-state index >= 15 is 0 Å². The highest BCUT2D eigenvalue weighted by molar-refractivity contribution is 7.89. The molecule has 0 saturated carbocycles. The molecule has 0 bridgehead atoms. The molecule has 24 heavy (non-hydrogen) atoms. The van der Waals surface area contributed by atoms with Crippen LogP contribution in [0.4, 0.5) is 0 Å². The third-order valence-electron chi connectivity index (χ3n) is 3.72. The first-order valence-corrected chi connectivity index (χ1v) is 9.94. The Bertz CT molecular complexity index is 661. The topological polar surface area (TPSA) is 58.2 Å². The van der Waals surface area contributed by atoms with Gasteiger partial charge in [0.25, 0.3) is 0 Å². The Hall–Kier alpha value is -1.69. The van der Waals surface area contributed by atoms with E-state index in [9.17, 15) is 8.42 Å². The average molecular weight is 346 g/mol. The van der Waals surface area contributed by atoms with Gasteiger partial charge in [0.2, 0.25) is 10.0 Å². The number of sulfonamides is 1. The van der Waals surface area contributed by atoms with Crippen LogP contribution in [0, 0.1) is 0 Å². The van der Waals surface area contributed by atoms with E-state index < -0.39 is 10.0 Å². The maximum atomic E-state index is 11.9. The minimum atomic E-state index is -3.22. The summed E-state index contributed by atoms with van der Waals surface area (Å²) in [7, 11) is -3.22. The van der Waals surface area contributed by atoms with E-state index in [1.807, 2.05) is 50.2 Å². The average Bonchev–Trinajstić information content (AvgIpc) is 2.55. The highest BCUT2D eigenvalue weighted by Crippen LogP contribution is 2.23. The predicted molar refractivity (Wildman–Crippen MR) is 99.7 cm³/mol. The fourth-order valence-electron chi connectivity index (χ4n) is 2.67. The van der Waals surface area contributed by atoms with Gasteiger partial charge in [-0.1, -0.05) is 60.7 Å². The van der Waals surface area contributed by atoms with Crippen molar-refractivity contribution < 1.29 is 8.42 Å². The first kappa shape index (κ1) is 18.6. The van der Waals surface area contributed by atoms with E-state index in [-0.39, 0.29) is 17.7 Å². The van der Waals surface area contributed by atoms with Crippen molar-refractivity contribution in [3.05, 3.63) is 71.8 Å². The first-order valence-electron chi connectivity index (χ1n) is 8.28. The van der Waals surface area contributed by atoms with Crippen molar-refractivity contribution in [2.24, 2.45) is 0 Å². The lowest BCUT2D eigenvalue weighted by Crippen LogP contribution is -2.36. The normalized spacial score (nSPS) is 12.0. The van der Waals surface area contributed by atoms with Crippen LogP contribution in [-0.4, -0.2) is 33.3 Å². The molecule has 0 amide bonds. The molecule has 0 spiro atoms. The molecule has 0 aromatic heterocycles. The summed E-state index contributed by atoms with van der Waals surface area (Å²) in [5.41, 5.74) is 2.44. The molecule has 0 fully saturated rings. The summed E-state index contributed by atoms with van der Waals surface area (Å²) in [5.74, 6) is 0.287. The lowest BCUT2D eigenvalue weighted by atomic mass is 9.91. The summed E-state index contributed by atoms with van der Waals surface area (Å²) in [4.78, 5) is 0. The molecule has 5 heteroatoms. The van der Waals surface area contributed by atoms with Crippen LogP contribution in [0.25, 0.3) is 0 Å². The molecule has 2 rings (SSSR count). The second-order valence-corrected chi connectivity index (χ2v) is 8.04. The molecule has 2 aromatic rings. The van der Waals surface area contributed by atoms with E-state index in [0.29, 0.717) is 13.1 Å². The summed E-state index contributed by atoms with van der Waals surface area (Å²) in [6.07, 6.45) is 0. The van der Waals surface area contributed by atoms with Crippen LogP contribution in [0.2, 0.25) is 0 Å². The van der Waals surface area contributed by atoms with Gasteiger partial charge in [-0.15, -0.1) is 0 Å². The monoisotopic (exact) mass is 346 g/mol. The van der Waals surface area contributed by atoms with Gasteiger partial charge in [0.1, 0.15) is 0 Å². The van der Waals surface area contributed by atoms with Gasteiger partial charge >= 0.3 is 0 Å². The number of rotatable bonds is 9. The van der Waals surface area contributed by atoms with Crippen molar-refractivity contribution in [3.63, 3.8) is 0 Å². The Morgan fingerprint density at radius 3 is 1.83 bits per heavy atom. The standard InChI is InChI=1S/C19H26N2O2S/c1-16(2)21-24(22,23)14-13-20-15-19(17-9-5-3-6-10-17)18-11-7-4-8-12-18/h3-12,16,19-21H,13-15H2,1-2H3. The van der Waals surface area contributed by atoms with Crippen LogP contribution in [0.15, 0.2) is 60.7 Å². The summed E-state index contributed by atoms with van der Waals surface area (Å²) in [5, 5.41) is 3.29. The molecule has 0 aliphatic heterocycles. The number of hydrogen-bond acceptors (Lipinski definition) is 3. The van der Waals surface area contributed by atoms with Crippen molar-refractivity contribution in [2.45, 2.75) is 25.8 Å². The van der Waals surface area contributed by atoms with Crippen LogP contribution in [0.3, 0.4) is 0 Å². The van der Waals surface area contributed by atoms with Crippen molar-refractivity contribution >= 4 is 10.0 Å². The predicted octanol–water partition coefficient (Wildman–Crippen LogP) is 2.74. The molecule has 4 nitrogen and oxygen atoms in total. The number of hydrogen-bond donors (Lipinski definition) is 2. The minimum absolute atomic E-state index is 0.0728. The van der Waals surface area contributed by atoms with Gasteiger partial charge < -0.3 is 5.32 Å². The molecule has 0 aliphatic rings.